The molecule has 0 amide bonds. The minimum atomic E-state index is 0.864. The first kappa shape index (κ1) is 38.2. The molecule has 0 bridgehead atoms. The maximum Gasteiger partial charge on any atom is 0.159 e. The van der Waals surface area contributed by atoms with Crippen molar-refractivity contribution in [2.75, 3.05) is 9.80 Å². The summed E-state index contributed by atoms with van der Waals surface area (Å²) >= 11 is 1.86. The van der Waals surface area contributed by atoms with Crippen LogP contribution in [0.1, 0.15) is 0 Å². The van der Waals surface area contributed by atoms with E-state index in [-0.39, 0.29) is 0 Å². The summed E-state index contributed by atoms with van der Waals surface area (Å²) in [6, 6.07) is 87.5. The molecule has 0 fully saturated rings. The number of benzene rings is 11. The van der Waals surface area contributed by atoms with Crippen LogP contribution in [0.4, 0.5) is 34.1 Å². The lowest BCUT2D eigenvalue weighted by Gasteiger charge is -2.30. The second-order valence-corrected chi connectivity index (χ2v) is 17.9. The van der Waals surface area contributed by atoms with Gasteiger partial charge in [0.05, 0.1) is 11.4 Å². The summed E-state index contributed by atoms with van der Waals surface area (Å²) in [5.74, 6) is 0. The van der Waals surface area contributed by atoms with Crippen molar-refractivity contribution in [2.45, 2.75) is 9.79 Å². The number of hydrogen-bond acceptors (Lipinski definition) is 4. The van der Waals surface area contributed by atoms with Gasteiger partial charge in [0, 0.05) is 54.3 Å². The quantitative estimate of drug-likeness (QED) is 0.142. The van der Waals surface area contributed by atoms with Crippen LogP contribution >= 0.6 is 11.8 Å². The van der Waals surface area contributed by atoms with E-state index < -0.39 is 0 Å². The van der Waals surface area contributed by atoms with Crippen molar-refractivity contribution in [2.24, 2.45) is 0 Å². The van der Waals surface area contributed by atoms with Gasteiger partial charge in [0.2, 0.25) is 0 Å². The predicted octanol–water partition coefficient (Wildman–Crippen LogP) is 18.3. The van der Waals surface area contributed by atoms with E-state index in [0.29, 0.717) is 0 Å². The van der Waals surface area contributed by atoms with Crippen LogP contribution in [0.15, 0.2) is 257 Å². The molecule has 12 aromatic rings. The summed E-state index contributed by atoms with van der Waals surface area (Å²) in [7, 11) is 0. The predicted molar refractivity (Wildman–Crippen MR) is 279 cm³/mol. The summed E-state index contributed by atoms with van der Waals surface area (Å²) in [5, 5.41) is 7.21. The average molecular weight is 861 g/mol. The molecule has 0 N–H and O–H groups in total. The van der Waals surface area contributed by atoms with Crippen molar-refractivity contribution in [3.63, 3.8) is 0 Å². The maximum atomic E-state index is 6.74. The Morgan fingerprint density at radius 2 is 0.924 bits per heavy atom. The highest BCUT2D eigenvalue weighted by Gasteiger charge is 2.26. The standard InChI is InChI=1S/C62H40N2OS/c1-4-16-41(17-5-1)42-30-33-46(34-31-42)63(45-20-8-3-9-21-45)47-35-32-44-38-55-51-37-36-48(40-60(51)66-59-29-15-24-52(61(55)59)54(44)39-47)64(56-26-12-10-22-49(56)43-18-6-2-7-19-43)57-27-14-25-53-50-23-11-13-28-58(50)65-62(53)57/h1-40H. The average Bonchev–Trinajstić information content (AvgIpc) is 3.77. The highest BCUT2D eigenvalue weighted by Crippen LogP contribution is 2.53. The lowest BCUT2D eigenvalue weighted by Crippen LogP contribution is -2.12. The fourth-order valence-corrected chi connectivity index (χ4v) is 11.2. The Morgan fingerprint density at radius 3 is 1.76 bits per heavy atom. The van der Waals surface area contributed by atoms with Crippen molar-refractivity contribution in [3.8, 4) is 33.4 Å². The maximum absolute atomic E-state index is 6.74. The third-order valence-electron chi connectivity index (χ3n) is 13.0. The monoisotopic (exact) mass is 860 g/mol. The van der Waals surface area contributed by atoms with Gasteiger partial charge in [-0.05, 0) is 123 Å². The van der Waals surface area contributed by atoms with Gasteiger partial charge in [-0.1, -0.05) is 176 Å². The third kappa shape index (κ3) is 6.37. The highest BCUT2D eigenvalue weighted by atomic mass is 32.2. The summed E-state index contributed by atoms with van der Waals surface area (Å²) < 4.78 is 6.74. The number of para-hydroxylation sites is 4. The SMILES string of the molecule is c1ccc(-c2ccc(N(c3ccccc3)c3ccc4cc5c6c(cccc6c4c3)Sc3cc(N(c4ccccc4-c4ccccc4)c4cccc6c4oc4ccccc46)ccc3-5)cc2)cc1. The molecule has 310 valence electrons. The van der Waals surface area contributed by atoms with E-state index in [4.69, 9.17) is 4.42 Å². The fourth-order valence-electron chi connectivity index (χ4n) is 9.98. The zero-order chi connectivity index (χ0) is 43.6. The second kappa shape index (κ2) is 15.7. The minimum Gasteiger partial charge on any atom is -0.454 e. The molecular weight excluding hydrogens is 821 g/mol. The van der Waals surface area contributed by atoms with E-state index in [2.05, 4.69) is 246 Å². The summed E-state index contributed by atoms with van der Waals surface area (Å²) in [4.78, 5) is 7.23. The molecule has 0 spiro atoms. The van der Waals surface area contributed by atoms with E-state index in [9.17, 15) is 0 Å². The van der Waals surface area contributed by atoms with Gasteiger partial charge in [-0.25, -0.2) is 0 Å². The smallest absolute Gasteiger partial charge is 0.159 e. The molecule has 0 radical (unpaired) electrons. The number of anilines is 6. The molecule has 13 rings (SSSR count). The molecule has 3 nitrogen and oxygen atoms in total. The van der Waals surface area contributed by atoms with Gasteiger partial charge in [0.1, 0.15) is 5.58 Å². The fraction of sp³-hybridized carbons (Fsp3) is 0. The summed E-state index contributed by atoms with van der Waals surface area (Å²) in [6.07, 6.45) is 0. The third-order valence-corrected chi connectivity index (χ3v) is 14.1. The van der Waals surface area contributed by atoms with Gasteiger partial charge >= 0.3 is 0 Å². The Morgan fingerprint density at radius 1 is 0.318 bits per heavy atom. The van der Waals surface area contributed by atoms with Gasteiger partial charge in [-0.2, -0.15) is 0 Å². The van der Waals surface area contributed by atoms with Crippen LogP contribution in [0.5, 0.6) is 0 Å². The number of nitrogens with zero attached hydrogens (tertiary/aromatic N) is 2. The Balaban J connectivity index is 0.953. The molecule has 11 aromatic carbocycles. The lowest BCUT2D eigenvalue weighted by atomic mass is 9.92. The van der Waals surface area contributed by atoms with Crippen LogP contribution < -0.4 is 9.80 Å². The zero-order valence-corrected chi connectivity index (χ0v) is 36.6. The topological polar surface area (TPSA) is 19.6 Å². The van der Waals surface area contributed by atoms with Crippen molar-refractivity contribution < 1.29 is 4.42 Å². The van der Waals surface area contributed by atoms with Crippen LogP contribution in [-0.4, -0.2) is 0 Å². The van der Waals surface area contributed by atoms with Crippen molar-refractivity contribution in [1.82, 2.24) is 0 Å². The molecule has 1 aliphatic heterocycles. The first-order chi connectivity index (χ1) is 32.7. The van der Waals surface area contributed by atoms with Gasteiger partial charge in [-0.15, -0.1) is 0 Å². The Bertz CT molecular complexity index is 3790. The van der Waals surface area contributed by atoms with Gasteiger partial charge in [-0.3, -0.25) is 0 Å². The minimum absolute atomic E-state index is 0.864. The molecule has 0 saturated heterocycles. The van der Waals surface area contributed by atoms with Crippen molar-refractivity contribution in [3.05, 3.63) is 243 Å². The highest BCUT2D eigenvalue weighted by molar-refractivity contribution is 7.99. The molecular formula is C62H40N2OS. The molecule has 4 heteroatoms. The number of furan rings is 1. The molecule has 2 heterocycles. The number of rotatable bonds is 8. The van der Waals surface area contributed by atoms with Gasteiger partial charge < -0.3 is 14.2 Å². The second-order valence-electron chi connectivity index (χ2n) is 16.8. The van der Waals surface area contributed by atoms with E-state index in [1.165, 1.54) is 53.6 Å². The molecule has 0 saturated carbocycles. The van der Waals surface area contributed by atoms with Crippen LogP contribution in [0, 0.1) is 0 Å². The lowest BCUT2D eigenvalue weighted by molar-refractivity contribution is 0.669. The Labute approximate surface area is 387 Å². The van der Waals surface area contributed by atoms with E-state index >= 15 is 0 Å². The van der Waals surface area contributed by atoms with Gasteiger partial charge in [0.15, 0.2) is 5.58 Å². The molecule has 0 unspecified atom stereocenters. The van der Waals surface area contributed by atoms with Crippen LogP contribution in [0.3, 0.4) is 0 Å². The molecule has 66 heavy (non-hydrogen) atoms. The first-order valence-corrected chi connectivity index (χ1v) is 23.2. The van der Waals surface area contributed by atoms with E-state index in [1.54, 1.807) is 0 Å². The summed E-state index contributed by atoms with van der Waals surface area (Å²) in [5.41, 5.74) is 15.4. The zero-order valence-electron chi connectivity index (χ0n) is 35.8. The molecule has 1 aliphatic rings. The van der Waals surface area contributed by atoms with E-state index in [1.807, 2.05) is 17.8 Å². The Hall–Kier alpha value is -8.31. The largest absolute Gasteiger partial charge is 0.454 e. The number of fused-ring (bicyclic) bond motifs is 7. The normalized spacial score (nSPS) is 11.9. The van der Waals surface area contributed by atoms with Crippen molar-refractivity contribution in [1.29, 1.82) is 0 Å². The van der Waals surface area contributed by atoms with Crippen LogP contribution in [-0.2, 0) is 0 Å². The van der Waals surface area contributed by atoms with Crippen molar-refractivity contribution >= 4 is 89.4 Å². The van der Waals surface area contributed by atoms with Gasteiger partial charge in [0.25, 0.3) is 0 Å². The molecule has 0 atom stereocenters. The molecule has 0 aliphatic carbocycles. The molecule has 1 aromatic heterocycles. The first-order valence-electron chi connectivity index (χ1n) is 22.4. The number of hydrogen-bond donors (Lipinski definition) is 0. The van der Waals surface area contributed by atoms with E-state index in [0.717, 1.165) is 67.2 Å². The Kier molecular flexibility index (Phi) is 9.10. The van der Waals surface area contributed by atoms with Crippen LogP contribution in [0.25, 0.3) is 76.9 Å². The van der Waals surface area contributed by atoms with Crippen LogP contribution in [0.2, 0.25) is 0 Å². The summed E-state index contributed by atoms with van der Waals surface area (Å²) in [6.45, 7) is 0.